The van der Waals surface area contributed by atoms with Crippen LogP contribution in [0.1, 0.15) is 46.1 Å². The van der Waals surface area contributed by atoms with E-state index in [1.54, 1.807) is 29.5 Å². The summed E-state index contributed by atoms with van der Waals surface area (Å²) >= 11 is 1.69. The number of aryl methyl sites for hydroxylation is 1. The van der Waals surface area contributed by atoms with Gasteiger partial charge in [-0.25, -0.2) is 4.79 Å². The van der Waals surface area contributed by atoms with E-state index in [2.05, 4.69) is 6.07 Å². The average molecular weight is 329 g/mol. The number of carboxylic acid groups (broad SMARTS) is 1. The van der Waals surface area contributed by atoms with Crippen LogP contribution in [0.3, 0.4) is 0 Å². The number of nitrogens with zero attached hydrogens (tertiary/aromatic N) is 1. The molecule has 1 N–H and O–H groups in total. The number of carbonyl (C=O) groups is 2. The normalized spacial score (nSPS) is 17.4. The lowest BCUT2D eigenvalue weighted by molar-refractivity contribution is -0.132. The van der Waals surface area contributed by atoms with Crippen molar-refractivity contribution in [2.75, 3.05) is 6.54 Å². The Balaban J connectivity index is 1.67. The van der Waals surface area contributed by atoms with Crippen LogP contribution in [0.5, 0.6) is 0 Å². The van der Waals surface area contributed by atoms with Crippen LogP contribution in [-0.4, -0.2) is 28.4 Å². The molecule has 0 saturated carbocycles. The molecule has 1 aromatic carbocycles. The van der Waals surface area contributed by atoms with Crippen LogP contribution in [0, 0.1) is 0 Å². The Labute approximate surface area is 139 Å². The molecule has 1 saturated heterocycles. The second kappa shape index (κ2) is 6.96. The van der Waals surface area contributed by atoms with E-state index in [4.69, 9.17) is 0 Å². The van der Waals surface area contributed by atoms with Crippen LogP contribution in [0.25, 0.3) is 0 Å². The highest BCUT2D eigenvalue weighted by atomic mass is 32.1. The first-order valence-electron chi connectivity index (χ1n) is 7.81. The first-order valence-corrected chi connectivity index (χ1v) is 8.69. The van der Waals surface area contributed by atoms with Gasteiger partial charge in [-0.05, 0) is 42.3 Å². The molecule has 2 heterocycles. The summed E-state index contributed by atoms with van der Waals surface area (Å²) in [6.45, 7) is 0.794. The third kappa shape index (κ3) is 3.45. The molecular formula is C18H19NO3S. The number of aromatic carboxylic acids is 1. The molecule has 0 bridgehead atoms. The fraction of sp³-hybridized carbons (Fsp3) is 0.333. The van der Waals surface area contributed by atoms with E-state index in [1.807, 2.05) is 22.4 Å². The monoisotopic (exact) mass is 329 g/mol. The molecule has 5 heteroatoms. The molecule has 1 aromatic heterocycles. The Morgan fingerprint density at radius 2 is 2.04 bits per heavy atom. The summed E-state index contributed by atoms with van der Waals surface area (Å²) in [4.78, 5) is 27.0. The summed E-state index contributed by atoms with van der Waals surface area (Å²) in [5.74, 6) is -0.827. The van der Waals surface area contributed by atoms with Crippen molar-refractivity contribution in [1.82, 2.24) is 4.90 Å². The lowest BCUT2D eigenvalue weighted by Crippen LogP contribution is -2.30. The summed E-state index contributed by atoms with van der Waals surface area (Å²) in [5.41, 5.74) is 1.01. The average Bonchev–Trinajstić information content (AvgIpc) is 3.23. The van der Waals surface area contributed by atoms with Gasteiger partial charge in [-0.15, -0.1) is 11.3 Å². The van der Waals surface area contributed by atoms with E-state index in [1.165, 1.54) is 4.88 Å². The predicted molar refractivity (Wildman–Crippen MR) is 89.7 cm³/mol. The van der Waals surface area contributed by atoms with Crippen molar-refractivity contribution in [2.45, 2.75) is 31.7 Å². The van der Waals surface area contributed by atoms with Crippen LogP contribution in [0.2, 0.25) is 0 Å². The number of benzene rings is 1. The minimum atomic E-state index is -0.939. The fourth-order valence-electron chi connectivity index (χ4n) is 3.17. The summed E-state index contributed by atoms with van der Waals surface area (Å²) in [7, 11) is 0. The molecule has 1 atom stereocenters. The highest BCUT2D eigenvalue weighted by Crippen LogP contribution is 2.34. The Morgan fingerprint density at radius 3 is 2.78 bits per heavy atom. The predicted octanol–water partition coefficient (Wildman–Crippen LogP) is 3.74. The van der Waals surface area contributed by atoms with Crippen molar-refractivity contribution in [3.05, 3.63) is 57.8 Å². The standard InChI is InChI=1S/C18H19NO3S/c20-17(10-9-13-5-1-2-6-14(13)18(21)22)19-11-3-7-15(19)16-8-4-12-23-16/h1-2,4-6,8,12,15H,3,7,9-11H2,(H,21,22). The van der Waals surface area contributed by atoms with E-state index in [-0.39, 0.29) is 17.5 Å². The quantitative estimate of drug-likeness (QED) is 0.909. The maximum atomic E-state index is 12.6. The van der Waals surface area contributed by atoms with Gasteiger partial charge in [0.2, 0.25) is 5.91 Å². The largest absolute Gasteiger partial charge is 0.478 e. The molecule has 1 fully saturated rings. The third-order valence-electron chi connectivity index (χ3n) is 4.30. The van der Waals surface area contributed by atoms with Gasteiger partial charge in [0.05, 0.1) is 11.6 Å². The molecule has 3 rings (SSSR count). The third-order valence-corrected chi connectivity index (χ3v) is 5.27. The van der Waals surface area contributed by atoms with Gasteiger partial charge >= 0.3 is 5.97 Å². The van der Waals surface area contributed by atoms with Gasteiger partial charge in [0, 0.05) is 17.8 Å². The van der Waals surface area contributed by atoms with Crippen molar-refractivity contribution in [3.8, 4) is 0 Å². The SMILES string of the molecule is O=C(O)c1ccccc1CCC(=O)N1CCCC1c1cccs1. The second-order valence-electron chi connectivity index (χ2n) is 5.72. The molecule has 4 nitrogen and oxygen atoms in total. The van der Waals surface area contributed by atoms with E-state index < -0.39 is 5.97 Å². The van der Waals surface area contributed by atoms with Crippen molar-refractivity contribution in [3.63, 3.8) is 0 Å². The highest BCUT2D eigenvalue weighted by Gasteiger charge is 2.30. The van der Waals surface area contributed by atoms with Crippen LogP contribution in [-0.2, 0) is 11.2 Å². The van der Waals surface area contributed by atoms with Gasteiger partial charge in [-0.3, -0.25) is 4.79 Å². The van der Waals surface area contributed by atoms with Crippen molar-refractivity contribution >= 4 is 23.2 Å². The molecular weight excluding hydrogens is 310 g/mol. The molecule has 0 aliphatic carbocycles. The number of rotatable bonds is 5. The minimum absolute atomic E-state index is 0.112. The summed E-state index contributed by atoms with van der Waals surface area (Å²) < 4.78 is 0. The zero-order valence-corrected chi connectivity index (χ0v) is 13.6. The van der Waals surface area contributed by atoms with Gasteiger partial charge < -0.3 is 10.0 Å². The van der Waals surface area contributed by atoms with Gasteiger partial charge in [0.25, 0.3) is 0 Å². The zero-order chi connectivity index (χ0) is 16.2. The van der Waals surface area contributed by atoms with Crippen molar-refractivity contribution < 1.29 is 14.7 Å². The van der Waals surface area contributed by atoms with Crippen LogP contribution in [0.4, 0.5) is 0 Å². The molecule has 1 aliphatic heterocycles. The van der Waals surface area contributed by atoms with Crippen molar-refractivity contribution in [2.24, 2.45) is 0 Å². The van der Waals surface area contributed by atoms with Gasteiger partial charge in [0.1, 0.15) is 0 Å². The lowest BCUT2D eigenvalue weighted by Gasteiger charge is -2.24. The highest BCUT2D eigenvalue weighted by molar-refractivity contribution is 7.10. The number of carbonyl (C=O) groups excluding carboxylic acids is 1. The molecule has 1 unspecified atom stereocenters. The number of carboxylic acids is 1. The zero-order valence-electron chi connectivity index (χ0n) is 12.8. The number of amides is 1. The number of thiophene rings is 1. The van der Waals surface area contributed by atoms with E-state index >= 15 is 0 Å². The maximum Gasteiger partial charge on any atom is 0.335 e. The first-order chi connectivity index (χ1) is 11.2. The smallest absolute Gasteiger partial charge is 0.335 e. The van der Waals surface area contributed by atoms with E-state index in [0.717, 1.165) is 24.9 Å². The summed E-state index contributed by atoms with van der Waals surface area (Å²) in [6.07, 6.45) is 2.86. The number of likely N-dealkylation sites (tertiary alicyclic amines) is 1. The Bertz CT molecular complexity index is 696. The molecule has 2 aromatic rings. The molecule has 1 aliphatic rings. The molecule has 0 radical (unpaired) electrons. The van der Waals surface area contributed by atoms with E-state index in [9.17, 15) is 14.7 Å². The molecule has 0 spiro atoms. The van der Waals surface area contributed by atoms with Gasteiger partial charge in [-0.2, -0.15) is 0 Å². The maximum absolute atomic E-state index is 12.6. The lowest BCUT2D eigenvalue weighted by atomic mass is 10.0. The van der Waals surface area contributed by atoms with Gasteiger partial charge in [0.15, 0.2) is 0 Å². The molecule has 1 amide bonds. The van der Waals surface area contributed by atoms with Crippen LogP contribution in [0.15, 0.2) is 41.8 Å². The van der Waals surface area contributed by atoms with Crippen LogP contribution >= 0.6 is 11.3 Å². The number of hydrogen-bond acceptors (Lipinski definition) is 3. The van der Waals surface area contributed by atoms with E-state index in [0.29, 0.717) is 12.8 Å². The topological polar surface area (TPSA) is 57.6 Å². The Kier molecular flexibility index (Phi) is 4.76. The Morgan fingerprint density at radius 1 is 1.22 bits per heavy atom. The van der Waals surface area contributed by atoms with Crippen LogP contribution < -0.4 is 0 Å². The molecule has 23 heavy (non-hydrogen) atoms. The first kappa shape index (κ1) is 15.7. The van der Waals surface area contributed by atoms with Crippen molar-refractivity contribution in [1.29, 1.82) is 0 Å². The van der Waals surface area contributed by atoms with Gasteiger partial charge in [-0.1, -0.05) is 24.3 Å². The number of hydrogen-bond donors (Lipinski definition) is 1. The fourth-order valence-corrected chi connectivity index (χ4v) is 4.05. The Hall–Kier alpha value is -2.14. The minimum Gasteiger partial charge on any atom is -0.478 e. The second-order valence-corrected chi connectivity index (χ2v) is 6.70. The summed E-state index contributed by atoms with van der Waals surface area (Å²) in [5, 5.41) is 11.3. The summed E-state index contributed by atoms with van der Waals surface area (Å²) in [6, 6.07) is 11.2. The molecule has 120 valence electrons.